The molecular weight excluding hydrogens is 192 g/mol. The molecule has 1 aliphatic heterocycles. The van der Waals surface area contributed by atoms with Crippen molar-refractivity contribution in [3.8, 4) is 0 Å². The van der Waals surface area contributed by atoms with E-state index in [1.165, 1.54) is 0 Å². The summed E-state index contributed by atoms with van der Waals surface area (Å²) in [6.07, 6.45) is 8.01. The zero-order chi connectivity index (χ0) is 10.9. The lowest BCUT2D eigenvalue weighted by molar-refractivity contribution is -0.128. The van der Waals surface area contributed by atoms with E-state index in [0.29, 0.717) is 19.8 Å². The standard InChI is InChI=1S/C12H18O3/c1-3-5-9-14-12-7-6-11(15-12)10-13-8-4-2/h3-4,6-7,11-12H,1-2,5,8-10H2/t11-,12+/m0/s1. The molecule has 1 rings (SSSR count). The molecule has 0 saturated carbocycles. The molecule has 84 valence electrons. The van der Waals surface area contributed by atoms with Crippen LogP contribution in [0.5, 0.6) is 0 Å². The second-order valence-electron chi connectivity index (χ2n) is 3.20. The van der Waals surface area contributed by atoms with Crippen molar-refractivity contribution in [3.63, 3.8) is 0 Å². The molecule has 0 aromatic heterocycles. The lowest BCUT2D eigenvalue weighted by atomic mass is 10.4. The van der Waals surface area contributed by atoms with Gasteiger partial charge in [0, 0.05) is 0 Å². The van der Waals surface area contributed by atoms with Gasteiger partial charge in [0.05, 0.1) is 19.8 Å². The highest BCUT2D eigenvalue weighted by Gasteiger charge is 2.18. The molecular formula is C12H18O3. The van der Waals surface area contributed by atoms with E-state index in [9.17, 15) is 0 Å². The Balaban J connectivity index is 2.08. The quantitative estimate of drug-likeness (QED) is 0.453. The zero-order valence-electron chi connectivity index (χ0n) is 8.93. The van der Waals surface area contributed by atoms with Gasteiger partial charge in [-0.3, -0.25) is 0 Å². The average molecular weight is 210 g/mol. The van der Waals surface area contributed by atoms with E-state index in [0.717, 1.165) is 6.42 Å². The van der Waals surface area contributed by atoms with E-state index >= 15 is 0 Å². The normalized spacial score (nSPS) is 24.3. The van der Waals surface area contributed by atoms with Crippen molar-refractivity contribution >= 4 is 0 Å². The van der Waals surface area contributed by atoms with Crippen LogP contribution in [0.3, 0.4) is 0 Å². The van der Waals surface area contributed by atoms with E-state index in [-0.39, 0.29) is 12.4 Å². The molecule has 0 fully saturated rings. The molecule has 0 bridgehead atoms. The van der Waals surface area contributed by atoms with Gasteiger partial charge in [-0.1, -0.05) is 18.2 Å². The van der Waals surface area contributed by atoms with Crippen molar-refractivity contribution in [2.24, 2.45) is 0 Å². The van der Waals surface area contributed by atoms with Crippen molar-refractivity contribution in [3.05, 3.63) is 37.5 Å². The lowest BCUT2D eigenvalue weighted by Crippen LogP contribution is -2.20. The summed E-state index contributed by atoms with van der Waals surface area (Å²) in [5.74, 6) is 0. The first-order valence-electron chi connectivity index (χ1n) is 5.11. The van der Waals surface area contributed by atoms with Gasteiger partial charge < -0.3 is 14.2 Å². The highest BCUT2D eigenvalue weighted by Crippen LogP contribution is 2.13. The van der Waals surface area contributed by atoms with Gasteiger partial charge in [-0.15, -0.1) is 13.2 Å². The van der Waals surface area contributed by atoms with Crippen LogP contribution < -0.4 is 0 Å². The summed E-state index contributed by atoms with van der Waals surface area (Å²) < 4.78 is 16.2. The third kappa shape index (κ3) is 4.93. The average Bonchev–Trinajstić information content (AvgIpc) is 2.67. The molecule has 1 aliphatic rings. The van der Waals surface area contributed by atoms with Crippen LogP contribution in [0.15, 0.2) is 37.5 Å². The Bertz CT molecular complexity index is 201. The zero-order valence-corrected chi connectivity index (χ0v) is 8.93. The fourth-order valence-corrected chi connectivity index (χ4v) is 1.20. The molecule has 3 nitrogen and oxygen atoms in total. The molecule has 1 heterocycles. The minimum absolute atomic E-state index is 0.00122. The molecule has 15 heavy (non-hydrogen) atoms. The topological polar surface area (TPSA) is 27.7 Å². The highest BCUT2D eigenvalue weighted by molar-refractivity contribution is 4.99. The second-order valence-corrected chi connectivity index (χ2v) is 3.20. The monoisotopic (exact) mass is 210 g/mol. The summed E-state index contributed by atoms with van der Waals surface area (Å²) in [4.78, 5) is 0. The van der Waals surface area contributed by atoms with Crippen molar-refractivity contribution in [1.29, 1.82) is 0 Å². The van der Waals surface area contributed by atoms with Crippen LogP contribution in [0.4, 0.5) is 0 Å². The van der Waals surface area contributed by atoms with Crippen LogP contribution >= 0.6 is 0 Å². The Morgan fingerprint density at radius 1 is 1.27 bits per heavy atom. The third-order valence-electron chi connectivity index (χ3n) is 1.91. The Kier molecular flexibility index (Phi) is 6.00. The molecule has 3 heteroatoms. The van der Waals surface area contributed by atoms with Crippen molar-refractivity contribution in [1.82, 2.24) is 0 Å². The first kappa shape index (κ1) is 12.2. The van der Waals surface area contributed by atoms with Crippen molar-refractivity contribution < 1.29 is 14.2 Å². The Morgan fingerprint density at radius 3 is 2.87 bits per heavy atom. The largest absolute Gasteiger partial charge is 0.374 e. The number of hydrogen-bond donors (Lipinski definition) is 0. The minimum atomic E-state index is -0.234. The molecule has 0 spiro atoms. The highest BCUT2D eigenvalue weighted by atomic mass is 16.7. The summed E-state index contributed by atoms with van der Waals surface area (Å²) in [6.45, 7) is 8.93. The molecule has 0 amide bonds. The van der Waals surface area contributed by atoms with Gasteiger partial charge in [0.15, 0.2) is 6.29 Å². The Morgan fingerprint density at radius 2 is 2.13 bits per heavy atom. The first-order chi connectivity index (χ1) is 7.36. The van der Waals surface area contributed by atoms with Gasteiger partial charge in [0.2, 0.25) is 0 Å². The summed E-state index contributed by atoms with van der Waals surface area (Å²) in [5.41, 5.74) is 0. The molecule has 0 aliphatic carbocycles. The van der Waals surface area contributed by atoms with Crippen LogP contribution in [0, 0.1) is 0 Å². The molecule has 0 aromatic rings. The van der Waals surface area contributed by atoms with Crippen molar-refractivity contribution in [2.45, 2.75) is 18.8 Å². The number of hydrogen-bond acceptors (Lipinski definition) is 3. The van der Waals surface area contributed by atoms with Gasteiger partial charge in [-0.25, -0.2) is 0 Å². The summed E-state index contributed by atoms with van der Waals surface area (Å²) in [7, 11) is 0. The van der Waals surface area contributed by atoms with Crippen LogP contribution in [0.25, 0.3) is 0 Å². The van der Waals surface area contributed by atoms with Gasteiger partial charge in [-0.05, 0) is 12.5 Å². The van der Waals surface area contributed by atoms with Gasteiger partial charge in [0.1, 0.15) is 6.10 Å². The maximum absolute atomic E-state index is 5.53. The van der Waals surface area contributed by atoms with E-state index in [1.54, 1.807) is 6.08 Å². The lowest BCUT2D eigenvalue weighted by Gasteiger charge is -2.14. The van der Waals surface area contributed by atoms with E-state index < -0.39 is 0 Å². The van der Waals surface area contributed by atoms with Gasteiger partial charge in [-0.2, -0.15) is 0 Å². The maximum Gasteiger partial charge on any atom is 0.177 e. The van der Waals surface area contributed by atoms with E-state index in [4.69, 9.17) is 14.2 Å². The Hall–Kier alpha value is -0.900. The maximum atomic E-state index is 5.53. The van der Waals surface area contributed by atoms with Crippen LogP contribution in [0.1, 0.15) is 6.42 Å². The van der Waals surface area contributed by atoms with Crippen molar-refractivity contribution in [2.75, 3.05) is 19.8 Å². The second kappa shape index (κ2) is 7.40. The smallest absolute Gasteiger partial charge is 0.177 e. The molecule has 0 radical (unpaired) electrons. The Labute approximate surface area is 91.0 Å². The molecule has 0 unspecified atom stereocenters. The van der Waals surface area contributed by atoms with Crippen LogP contribution in [0.2, 0.25) is 0 Å². The van der Waals surface area contributed by atoms with E-state index in [2.05, 4.69) is 13.2 Å². The van der Waals surface area contributed by atoms with E-state index in [1.807, 2.05) is 18.2 Å². The van der Waals surface area contributed by atoms with Gasteiger partial charge >= 0.3 is 0 Å². The summed E-state index contributed by atoms with van der Waals surface area (Å²) in [6, 6.07) is 0. The fourth-order valence-electron chi connectivity index (χ4n) is 1.20. The molecule has 2 atom stereocenters. The van der Waals surface area contributed by atoms with Crippen LogP contribution in [-0.2, 0) is 14.2 Å². The summed E-state index contributed by atoms with van der Waals surface area (Å²) in [5, 5.41) is 0. The summed E-state index contributed by atoms with van der Waals surface area (Å²) >= 11 is 0. The van der Waals surface area contributed by atoms with Crippen LogP contribution in [-0.4, -0.2) is 32.2 Å². The molecule has 0 saturated heterocycles. The fraction of sp³-hybridized carbons (Fsp3) is 0.500. The first-order valence-corrected chi connectivity index (χ1v) is 5.11. The minimum Gasteiger partial charge on any atom is -0.374 e. The predicted molar refractivity (Wildman–Crippen MR) is 59.6 cm³/mol. The van der Waals surface area contributed by atoms with Gasteiger partial charge in [0.25, 0.3) is 0 Å². The SMILES string of the molecule is C=CCCO[C@H]1C=C[C@@H](COCC=C)O1. The number of rotatable bonds is 8. The molecule has 0 N–H and O–H groups in total. The molecule has 0 aromatic carbocycles. The number of ether oxygens (including phenoxy) is 3. The third-order valence-corrected chi connectivity index (χ3v) is 1.91. The predicted octanol–water partition coefficient (Wildman–Crippen LogP) is 2.06.